The standard InChI is InChI=1S/C15H16N2S/c1-2-7-15-13(6-1)14(8-10-18-15)17-11-12-5-3-4-9-16-12/h1-7,9,14,17H,8,10-11H2. The summed E-state index contributed by atoms with van der Waals surface area (Å²) in [6, 6.07) is 15.2. The number of nitrogens with zero attached hydrogens (tertiary/aromatic N) is 1. The molecule has 1 aliphatic heterocycles. The zero-order valence-electron chi connectivity index (χ0n) is 10.2. The zero-order valence-corrected chi connectivity index (χ0v) is 11.0. The van der Waals surface area contributed by atoms with E-state index >= 15 is 0 Å². The number of hydrogen-bond donors (Lipinski definition) is 1. The predicted molar refractivity (Wildman–Crippen MR) is 75.6 cm³/mol. The van der Waals surface area contributed by atoms with Gasteiger partial charge in [-0.25, -0.2) is 0 Å². The van der Waals surface area contributed by atoms with E-state index in [2.05, 4.69) is 40.6 Å². The number of hydrogen-bond acceptors (Lipinski definition) is 3. The normalized spacial score (nSPS) is 18.3. The molecule has 0 bridgehead atoms. The molecule has 1 atom stereocenters. The van der Waals surface area contributed by atoms with Crippen LogP contribution in [0, 0.1) is 0 Å². The van der Waals surface area contributed by atoms with Crippen LogP contribution in [0.4, 0.5) is 0 Å². The molecule has 0 spiro atoms. The molecule has 0 radical (unpaired) electrons. The van der Waals surface area contributed by atoms with Crippen molar-refractivity contribution in [1.82, 2.24) is 10.3 Å². The second-order valence-corrected chi connectivity index (χ2v) is 5.57. The Kier molecular flexibility index (Phi) is 3.62. The minimum Gasteiger partial charge on any atom is -0.304 e. The van der Waals surface area contributed by atoms with Gasteiger partial charge in [0.1, 0.15) is 0 Å². The summed E-state index contributed by atoms with van der Waals surface area (Å²) in [5, 5.41) is 3.62. The average Bonchev–Trinajstić information content (AvgIpc) is 2.46. The first-order valence-corrected chi connectivity index (χ1v) is 7.27. The van der Waals surface area contributed by atoms with Gasteiger partial charge in [-0.1, -0.05) is 24.3 Å². The summed E-state index contributed by atoms with van der Waals surface area (Å²) < 4.78 is 0. The lowest BCUT2D eigenvalue weighted by Gasteiger charge is -2.25. The van der Waals surface area contributed by atoms with E-state index in [1.54, 1.807) is 0 Å². The highest BCUT2D eigenvalue weighted by Gasteiger charge is 2.19. The van der Waals surface area contributed by atoms with E-state index in [0.29, 0.717) is 6.04 Å². The molecule has 18 heavy (non-hydrogen) atoms. The number of fused-ring (bicyclic) bond motifs is 1. The monoisotopic (exact) mass is 256 g/mol. The Labute approximate surface area is 112 Å². The van der Waals surface area contributed by atoms with Crippen molar-refractivity contribution >= 4 is 11.8 Å². The topological polar surface area (TPSA) is 24.9 Å². The van der Waals surface area contributed by atoms with Crippen molar-refractivity contribution in [3.8, 4) is 0 Å². The molecule has 1 unspecified atom stereocenters. The Hall–Kier alpha value is -1.32. The maximum Gasteiger partial charge on any atom is 0.0541 e. The van der Waals surface area contributed by atoms with Crippen LogP contribution in [-0.4, -0.2) is 10.7 Å². The second kappa shape index (κ2) is 5.55. The molecule has 0 saturated heterocycles. The van der Waals surface area contributed by atoms with E-state index in [0.717, 1.165) is 12.2 Å². The van der Waals surface area contributed by atoms with Crippen LogP contribution < -0.4 is 5.32 Å². The smallest absolute Gasteiger partial charge is 0.0541 e. The van der Waals surface area contributed by atoms with E-state index in [4.69, 9.17) is 0 Å². The molecule has 3 heteroatoms. The molecule has 1 N–H and O–H groups in total. The maximum absolute atomic E-state index is 4.35. The van der Waals surface area contributed by atoms with Crippen molar-refractivity contribution in [2.24, 2.45) is 0 Å². The Morgan fingerprint density at radius 3 is 2.94 bits per heavy atom. The second-order valence-electron chi connectivity index (χ2n) is 4.43. The molecule has 0 saturated carbocycles. The molecule has 0 aliphatic carbocycles. The summed E-state index contributed by atoms with van der Waals surface area (Å²) in [6.07, 6.45) is 3.04. The van der Waals surface area contributed by atoms with Crippen LogP contribution in [0.15, 0.2) is 53.6 Å². The van der Waals surface area contributed by atoms with Gasteiger partial charge >= 0.3 is 0 Å². The fourth-order valence-electron chi connectivity index (χ4n) is 2.28. The van der Waals surface area contributed by atoms with Gasteiger partial charge in [-0.3, -0.25) is 4.98 Å². The van der Waals surface area contributed by atoms with Gasteiger partial charge in [0.15, 0.2) is 0 Å². The molecule has 2 heterocycles. The summed E-state index contributed by atoms with van der Waals surface area (Å²) in [4.78, 5) is 5.77. The third-order valence-corrected chi connectivity index (χ3v) is 4.34. The molecule has 2 aromatic rings. The quantitative estimate of drug-likeness (QED) is 0.911. The highest BCUT2D eigenvalue weighted by atomic mass is 32.2. The Morgan fingerprint density at radius 2 is 2.06 bits per heavy atom. The van der Waals surface area contributed by atoms with E-state index < -0.39 is 0 Å². The minimum atomic E-state index is 0.462. The van der Waals surface area contributed by atoms with Crippen molar-refractivity contribution in [2.75, 3.05) is 5.75 Å². The summed E-state index contributed by atoms with van der Waals surface area (Å²) in [5.41, 5.74) is 2.54. The van der Waals surface area contributed by atoms with Crippen LogP contribution in [0.1, 0.15) is 23.7 Å². The van der Waals surface area contributed by atoms with Gasteiger partial charge in [-0.15, -0.1) is 11.8 Å². The molecule has 2 nitrogen and oxygen atoms in total. The SMILES string of the molecule is c1ccc(CNC2CCSc3ccccc32)nc1. The van der Waals surface area contributed by atoms with Gasteiger partial charge in [0.05, 0.1) is 5.69 Å². The summed E-state index contributed by atoms with van der Waals surface area (Å²) in [7, 11) is 0. The maximum atomic E-state index is 4.35. The molecule has 0 amide bonds. The van der Waals surface area contributed by atoms with Gasteiger partial charge in [-0.2, -0.15) is 0 Å². The highest BCUT2D eigenvalue weighted by molar-refractivity contribution is 7.99. The highest BCUT2D eigenvalue weighted by Crippen LogP contribution is 2.35. The van der Waals surface area contributed by atoms with Crippen molar-refractivity contribution in [1.29, 1.82) is 0 Å². The Balaban J connectivity index is 1.71. The number of nitrogens with one attached hydrogen (secondary N) is 1. The lowest BCUT2D eigenvalue weighted by atomic mass is 10.0. The molecule has 92 valence electrons. The largest absolute Gasteiger partial charge is 0.304 e. The first-order valence-electron chi connectivity index (χ1n) is 6.28. The minimum absolute atomic E-state index is 0.462. The molecular formula is C15H16N2S. The van der Waals surface area contributed by atoms with Crippen LogP contribution in [0.3, 0.4) is 0 Å². The van der Waals surface area contributed by atoms with Crippen LogP contribution in [0.2, 0.25) is 0 Å². The molecule has 3 rings (SSSR count). The molecular weight excluding hydrogens is 240 g/mol. The van der Waals surface area contributed by atoms with E-state index in [1.165, 1.54) is 22.6 Å². The predicted octanol–water partition coefficient (Wildman–Crippen LogP) is 3.41. The number of aromatic nitrogens is 1. The van der Waals surface area contributed by atoms with Gasteiger partial charge in [0.2, 0.25) is 0 Å². The van der Waals surface area contributed by atoms with E-state index in [1.807, 2.05) is 30.1 Å². The number of pyridine rings is 1. The van der Waals surface area contributed by atoms with Crippen molar-refractivity contribution in [3.63, 3.8) is 0 Å². The van der Waals surface area contributed by atoms with Crippen LogP contribution >= 0.6 is 11.8 Å². The molecule has 1 aromatic carbocycles. The van der Waals surface area contributed by atoms with Gasteiger partial charge < -0.3 is 5.32 Å². The number of rotatable bonds is 3. The third-order valence-electron chi connectivity index (χ3n) is 3.21. The van der Waals surface area contributed by atoms with Crippen molar-refractivity contribution in [3.05, 3.63) is 59.9 Å². The third kappa shape index (κ3) is 2.57. The summed E-state index contributed by atoms with van der Waals surface area (Å²) >= 11 is 1.96. The lowest BCUT2D eigenvalue weighted by Crippen LogP contribution is -2.24. The summed E-state index contributed by atoms with van der Waals surface area (Å²) in [6.45, 7) is 0.838. The summed E-state index contributed by atoms with van der Waals surface area (Å²) in [5.74, 6) is 1.19. The number of thioether (sulfide) groups is 1. The van der Waals surface area contributed by atoms with Gasteiger partial charge in [0.25, 0.3) is 0 Å². The fraction of sp³-hybridized carbons (Fsp3) is 0.267. The Bertz CT molecular complexity index is 513. The van der Waals surface area contributed by atoms with Crippen LogP contribution in [-0.2, 0) is 6.54 Å². The average molecular weight is 256 g/mol. The fourth-order valence-corrected chi connectivity index (χ4v) is 3.41. The van der Waals surface area contributed by atoms with Crippen LogP contribution in [0.25, 0.3) is 0 Å². The van der Waals surface area contributed by atoms with Crippen molar-refractivity contribution < 1.29 is 0 Å². The Morgan fingerprint density at radius 1 is 1.17 bits per heavy atom. The molecule has 1 aromatic heterocycles. The van der Waals surface area contributed by atoms with E-state index in [-0.39, 0.29) is 0 Å². The zero-order chi connectivity index (χ0) is 12.2. The van der Waals surface area contributed by atoms with E-state index in [9.17, 15) is 0 Å². The first kappa shape index (κ1) is 11.8. The number of benzene rings is 1. The van der Waals surface area contributed by atoms with Crippen molar-refractivity contribution in [2.45, 2.75) is 23.9 Å². The van der Waals surface area contributed by atoms with Gasteiger partial charge in [-0.05, 0) is 35.9 Å². The first-order chi connectivity index (χ1) is 8.93. The van der Waals surface area contributed by atoms with Crippen LogP contribution in [0.5, 0.6) is 0 Å². The van der Waals surface area contributed by atoms with Gasteiger partial charge in [0, 0.05) is 23.7 Å². The molecule has 0 fully saturated rings. The molecule has 1 aliphatic rings. The lowest BCUT2D eigenvalue weighted by molar-refractivity contribution is 0.505.